The Hall–Kier alpha value is -2.69. The zero-order valence-electron chi connectivity index (χ0n) is 13.6. The first-order valence-corrected chi connectivity index (χ1v) is 7.60. The molecule has 2 rings (SSSR count). The number of rotatable bonds is 6. The Labute approximate surface area is 136 Å². The second-order valence-electron chi connectivity index (χ2n) is 5.34. The highest BCUT2D eigenvalue weighted by atomic mass is 16.5. The normalized spacial score (nSPS) is 10.4. The highest BCUT2D eigenvalue weighted by Crippen LogP contribution is 2.26. The number of benzene rings is 2. The van der Waals surface area contributed by atoms with Crippen molar-refractivity contribution in [1.82, 2.24) is 0 Å². The number of nitrogens with two attached hydrogens (primary N) is 1. The van der Waals surface area contributed by atoms with Crippen LogP contribution < -0.4 is 15.8 Å². The first-order valence-electron chi connectivity index (χ1n) is 7.60. The topological polar surface area (TPSA) is 73.6 Å². The molecule has 0 aliphatic heterocycles. The van der Waals surface area contributed by atoms with Crippen molar-refractivity contribution in [2.45, 2.75) is 26.9 Å². The molecule has 0 atom stereocenters. The highest BCUT2D eigenvalue weighted by Gasteiger charge is 2.11. The summed E-state index contributed by atoms with van der Waals surface area (Å²) in [6.07, 6.45) is -0.162. The van der Waals surface area contributed by atoms with Gasteiger partial charge in [0.15, 0.2) is 0 Å². The zero-order chi connectivity index (χ0) is 16.8. The fourth-order valence-corrected chi connectivity index (χ4v) is 2.04. The number of esters is 1. The molecule has 0 fully saturated rings. The summed E-state index contributed by atoms with van der Waals surface area (Å²) < 4.78 is 10.6. The van der Waals surface area contributed by atoms with Crippen LogP contribution in [0, 0.1) is 0 Å². The van der Waals surface area contributed by atoms with Crippen LogP contribution in [0.5, 0.6) is 5.75 Å². The third-order valence-corrected chi connectivity index (χ3v) is 3.07. The van der Waals surface area contributed by atoms with E-state index in [1.165, 1.54) is 0 Å². The smallest absolute Gasteiger partial charge is 0.338 e. The van der Waals surface area contributed by atoms with E-state index < -0.39 is 0 Å². The quantitative estimate of drug-likeness (QED) is 0.623. The molecule has 0 radical (unpaired) electrons. The molecule has 0 unspecified atom stereocenters. The summed E-state index contributed by atoms with van der Waals surface area (Å²) in [7, 11) is 0. The largest absolute Gasteiger partial charge is 0.494 e. The number of hydrogen-bond donors (Lipinski definition) is 2. The monoisotopic (exact) mass is 314 g/mol. The average molecular weight is 314 g/mol. The number of nitrogens with one attached hydrogen (secondary N) is 1. The molecule has 3 N–H and O–H groups in total. The van der Waals surface area contributed by atoms with Crippen molar-refractivity contribution < 1.29 is 14.3 Å². The summed E-state index contributed by atoms with van der Waals surface area (Å²) in [5.41, 5.74) is 8.56. The molecule has 0 saturated heterocycles. The van der Waals surface area contributed by atoms with Crippen molar-refractivity contribution >= 4 is 23.0 Å². The lowest BCUT2D eigenvalue weighted by Crippen LogP contribution is -2.12. The summed E-state index contributed by atoms with van der Waals surface area (Å²) in [5, 5.41) is 3.22. The van der Waals surface area contributed by atoms with E-state index in [1.54, 1.807) is 18.2 Å². The SMILES string of the molecule is CCOc1ccc(Nc2ccc(C(=O)OC(C)C)cc2N)cc1. The molecule has 5 nitrogen and oxygen atoms in total. The van der Waals surface area contributed by atoms with Crippen LogP contribution in [0.3, 0.4) is 0 Å². The predicted molar refractivity (Wildman–Crippen MR) is 92.3 cm³/mol. The Kier molecular flexibility index (Phi) is 5.46. The zero-order valence-corrected chi connectivity index (χ0v) is 13.6. The molecule has 2 aromatic carbocycles. The third-order valence-electron chi connectivity index (χ3n) is 3.07. The second kappa shape index (κ2) is 7.54. The van der Waals surface area contributed by atoms with Crippen LogP contribution in [-0.2, 0) is 4.74 Å². The molecular weight excluding hydrogens is 292 g/mol. The fourth-order valence-electron chi connectivity index (χ4n) is 2.04. The average Bonchev–Trinajstić information content (AvgIpc) is 2.50. The Bertz CT molecular complexity index is 666. The number of ether oxygens (including phenoxy) is 2. The van der Waals surface area contributed by atoms with E-state index in [0.717, 1.165) is 17.1 Å². The Balaban J connectivity index is 2.10. The van der Waals surface area contributed by atoms with Gasteiger partial charge in [-0.15, -0.1) is 0 Å². The summed E-state index contributed by atoms with van der Waals surface area (Å²) >= 11 is 0. The van der Waals surface area contributed by atoms with Crippen molar-refractivity contribution in [3.05, 3.63) is 48.0 Å². The Morgan fingerprint density at radius 2 is 1.87 bits per heavy atom. The van der Waals surface area contributed by atoms with Gasteiger partial charge >= 0.3 is 5.97 Å². The van der Waals surface area contributed by atoms with E-state index >= 15 is 0 Å². The lowest BCUT2D eigenvalue weighted by molar-refractivity contribution is 0.0378. The maximum absolute atomic E-state index is 11.9. The van der Waals surface area contributed by atoms with E-state index in [2.05, 4.69) is 5.32 Å². The summed E-state index contributed by atoms with van der Waals surface area (Å²) in [6, 6.07) is 12.7. The van der Waals surface area contributed by atoms with Crippen molar-refractivity contribution in [2.24, 2.45) is 0 Å². The number of nitrogen functional groups attached to an aromatic ring is 1. The Morgan fingerprint density at radius 1 is 1.17 bits per heavy atom. The minimum absolute atomic E-state index is 0.162. The first kappa shape index (κ1) is 16.7. The number of anilines is 3. The van der Waals surface area contributed by atoms with Gasteiger partial charge in [0.25, 0.3) is 0 Å². The molecule has 2 aromatic rings. The predicted octanol–water partition coefficient (Wildman–Crippen LogP) is 3.98. The van der Waals surface area contributed by atoms with Gasteiger partial charge in [-0.3, -0.25) is 0 Å². The van der Waals surface area contributed by atoms with E-state index in [1.807, 2.05) is 45.0 Å². The van der Waals surface area contributed by atoms with Gasteiger partial charge in [-0.1, -0.05) is 0 Å². The second-order valence-corrected chi connectivity index (χ2v) is 5.34. The minimum atomic E-state index is -0.376. The van der Waals surface area contributed by atoms with Gasteiger partial charge in [-0.2, -0.15) is 0 Å². The van der Waals surface area contributed by atoms with Crippen LogP contribution in [0.2, 0.25) is 0 Å². The molecule has 0 aromatic heterocycles. The maximum Gasteiger partial charge on any atom is 0.338 e. The lowest BCUT2D eigenvalue weighted by atomic mass is 10.1. The molecule has 0 spiro atoms. The summed E-state index contributed by atoms with van der Waals surface area (Å²) in [6.45, 7) is 6.19. The van der Waals surface area contributed by atoms with Gasteiger partial charge in [0.2, 0.25) is 0 Å². The molecule has 5 heteroatoms. The van der Waals surface area contributed by atoms with Crippen molar-refractivity contribution in [3.8, 4) is 5.75 Å². The third kappa shape index (κ3) is 4.64. The Morgan fingerprint density at radius 3 is 2.43 bits per heavy atom. The van der Waals surface area contributed by atoms with Crippen LogP contribution in [0.25, 0.3) is 0 Å². The fraction of sp³-hybridized carbons (Fsp3) is 0.278. The number of carbonyl (C=O) groups excluding carboxylic acids is 1. The molecule has 122 valence electrons. The van der Waals surface area contributed by atoms with Crippen LogP contribution in [0.4, 0.5) is 17.1 Å². The molecule has 0 heterocycles. The first-order chi connectivity index (χ1) is 11.0. The summed E-state index contributed by atoms with van der Waals surface area (Å²) in [4.78, 5) is 11.9. The van der Waals surface area contributed by atoms with Gasteiger partial charge < -0.3 is 20.5 Å². The molecule has 0 saturated carbocycles. The molecule has 23 heavy (non-hydrogen) atoms. The van der Waals surface area contributed by atoms with Crippen molar-refractivity contribution in [3.63, 3.8) is 0 Å². The lowest BCUT2D eigenvalue weighted by Gasteiger charge is -2.12. The summed E-state index contributed by atoms with van der Waals surface area (Å²) in [5.74, 6) is 0.442. The van der Waals surface area contributed by atoms with Crippen LogP contribution in [0.15, 0.2) is 42.5 Å². The van der Waals surface area contributed by atoms with E-state index in [0.29, 0.717) is 17.9 Å². The number of hydrogen-bond acceptors (Lipinski definition) is 5. The molecule has 0 amide bonds. The molecule has 0 bridgehead atoms. The van der Waals surface area contributed by atoms with E-state index in [-0.39, 0.29) is 12.1 Å². The van der Waals surface area contributed by atoms with Crippen molar-refractivity contribution in [1.29, 1.82) is 0 Å². The van der Waals surface area contributed by atoms with Gasteiger partial charge in [0.05, 0.1) is 29.6 Å². The van der Waals surface area contributed by atoms with Crippen LogP contribution >= 0.6 is 0 Å². The van der Waals surface area contributed by atoms with Gasteiger partial charge in [-0.05, 0) is 63.2 Å². The van der Waals surface area contributed by atoms with Crippen LogP contribution in [-0.4, -0.2) is 18.7 Å². The van der Waals surface area contributed by atoms with E-state index in [4.69, 9.17) is 15.2 Å². The number of carbonyl (C=O) groups is 1. The molecular formula is C18H22N2O3. The van der Waals surface area contributed by atoms with Gasteiger partial charge in [-0.25, -0.2) is 4.79 Å². The molecule has 0 aliphatic carbocycles. The van der Waals surface area contributed by atoms with Crippen LogP contribution in [0.1, 0.15) is 31.1 Å². The maximum atomic E-state index is 11.9. The highest BCUT2D eigenvalue weighted by molar-refractivity contribution is 5.92. The van der Waals surface area contributed by atoms with E-state index in [9.17, 15) is 4.79 Å². The van der Waals surface area contributed by atoms with Gasteiger partial charge in [0, 0.05) is 5.69 Å². The minimum Gasteiger partial charge on any atom is -0.494 e. The van der Waals surface area contributed by atoms with Gasteiger partial charge in [0.1, 0.15) is 5.75 Å². The van der Waals surface area contributed by atoms with Crippen molar-refractivity contribution in [2.75, 3.05) is 17.7 Å². The standard InChI is InChI=1S/C18H22N2O3/c1-4-22-15-8-6-14(7-9-15)20-17-10-5-13(11-16(17)19)18(21)23-12(2)3/h5-12,20H,4,19H2,1-3H3. The molecule has 0 aliphatic rings.